The Morgan fingerprint density at radius 2 is 2.29 bits per heavy atom. The molecule has 1 amide bonds. The Hall–Kier alpha value is -1.98. The molecule has 1 aliphatic heterocycles. The van der Waals surface area contributed by atoms with Crippen molar-refractivity contribution >= 4 is 16.8 Å². The lowest BCUT2D eigenvalue weighted by atomic mass is 10.1. The van der Waals surface area contributed by atoms with Crippen LogP contribution in [0.4, 0.5) is 0 Å². The van der Waals surface area contributed by atoms with Gasteiger partial charge in [-0.15, -0.1) is 0 Å². The van der Waals surface area contributed by atoms with E-state index >= 15 is 0 Å². The average Bonchev–Trinajstić information content (AvgIpc) is 2.54. The van der Waals surface area contributed by atoms with Crippen molar-refractivity contribution in [3.63, 3.8) is 0 Å². The van der Waals surface area contributed by atoms with Crippen LogP contribution >= 0.6 is 0 Å². The molecule has 0 aliphatic carbocycles. The summed E-state index contributed by atoms with van der Waals surface area (Å²) in [5, 5.41) is 4.00. The first-order valence-electron chi connectivity index (χ1n) is 7.19. The quantitative estimate of drug-likeness (QED) is 0.923. The topological polar surface area (TPSA) is 54.5 Å². The van der Waals surface area contributed by atoms with Crippen molar-refractivity contribution in [1.82, 2.24) is 15.2 Å². The lowest BCUT2D eigenvalue weighted by Gasteiger charge is -2.33. The molecule has 1 aromatic heterocycles. The van der Waals surface area contributed by atoms with E-state index in [9.17, 15) is 4.79 Å². The third kappa shape index (κ3) is 2.89. The van der Waals surface area contributed by atoms with Crippen LogP contribution < -0.4 is 5.32 Å². The molecule has 0 spiro atoms. The number of carbonyl (C=O) groups excluding carboxylic acids is 1. The van der Waals surface area contributed by atoms with Crippen LogP contribution in [0.5, 0.6) is 0 Å². The van der Waals surface area contributed by atoms with Crippen molar-refractivity contribution in [2.45, 2.75) is 6.10 Å². The Labute approximate surface area is 123 Å². The van der Waals surface area contributed by atoms with Crippen LogP contribution in [0.3, 0.4) is 0 Å². The molecule has 110 valence electrons. The fraction of sp³-hybridized carbons (Fsp3) is 0.375. The standard InChI is InChI=1S/C16H19N3O2/c1-17-10-12-11-19(8-9-21-12)16(20)14-6-7-18-15-5-3-2-4-13(14)15/h2-7,12,17H,8-11H2,1H3. The number of ether oxygens (including phenoxy) is 1. The van der Waals surface area contributed by atoms with Crippen LogP contribution in [-0.4, -0.2) is 55.2 Å². The van der Waals surface area contributed by atoms with Gasteiger partial charge in [0.2, 0.25) is 0 Å². The number of para-hydroxylation sites is 1. The molecule has 1 aliphatic rings. The molecule has 5 heteroatoms. The summed E-state index contributed by atoms with van der Waals surface area (Å²) in [4.78, 5) is 19.0. The van der Waals surface area contributed by atoms with Crippen molar-refractivity contribution in [3.8, 4) is 0 Å². The maximum atomic E-state index is 12.8. The number of nitrogens with one attached hydrogen (secondary N) is 1. The highest BCUT2D eigenvalue weighted by molar-refractivity contribution is 6.06. The number of likely N-dealkylation sites (N-methyl/N-ethyl adjacent to an activating group) is 1. The zero-order valence-electron chi connectivity index (χ0n) is 12.1. The van der Waals surface area contributed by atoms with Crippen molar-refractivity contribution in [2.75, 3.05) is 33.3 Å². The zero-order valence-corrected chi connectivity index (χ0v) is 12.1. The van der Waals surface area contributed by atoms with Crippen LogP contribution in [0.15, 0.2) is 36.5 Å². The van der Waals surface area contributed by atoms with E-state index in [0.29, 0.717) is 25.3 Å². The molecule has 1 unspecified atom stereocenters. The van der Waals surface area contributed by atoms with E-state index in [0.717, 1.165) is 17.4 Å². The van der Waals surface area contributed by atoms with Gasteiger partial charge in [-0.3, -0.25) is 9.78 Å². The first-order chi connectivity index (χ1) is 10.3. The summed E-state index contributed by atoms with van der Waals surface area (Å²) in [6.45, 7) is 2.59. The number of fused-ring (bicyclic) bond motifs is 1. The summed E-state index contributed by atoms with van der Waals surface area (Å²) in [6.07, 6.45) is 1.75. The maximum Gasteiger partial charge on any atom is 0.254 e. The number of aromatic nitrogens is 1. The predicted molar refractivity (Wildman–Crippen MR) is 81.3 cm³/mol. The zero-order chi connectivity index (χ0) is 14.7. The Kier molecular flexibility index (Phi) is 4.13. The van der Waals surface area contributed by atoms with E-state index in [1.54, 1.807) is 12.3 Å². The van der Waals surface area contributed by atoms with Crippen LogP contribution in [0.2, 0.25) is 0 Å². The van der Waals surface area contributed by atoms with Gasteiger partial charge in [0.05, 0.1) is 23.8 Å². The summed E-state index contributed by atoms with van der Waals surface area (Å²) in [5.74, 6) is 0.0537. The van der Waals surface area contributed by atoms with Crippen molar-refractivity contribution in [1.29, 1.82) is 0 Å². The minimum absolute atomic E-state index is 0.0537. The van der Waals surface area contributed by atoms with Crippen molar-refractivity contribution < 1.29 is 9.53 Å². The Balaban J connectivity index is 1.86. The lowest BCUT2D eigenvalue weighted by molar-refractivity contribution is -0.0195. The van der Waals surface area contributed by atoms with E-state index in [2.05, 4.69) is 10.3 Å². The van der Waals surface area contributed by atoms with Gasteiger partial charge in [-0.05, 0) is 19.2 Å². The number of pyridine rings is 1. The number of hydrogen-bond acceptors (Lipinski definition) is 4. The van der Waals surface area contributed by atoms with Crippen LogP contribution in [0, 0.1) is 0 Å². The summed E-state index contributed by atoms with van der Waals surface area (Å²) < 4.78 is 5.65. The third-order valence-electron chi connectivity index (χ3n) is 3.74. The van der Waals surface area contributed by atoms with Crippen molar-refractivity contribution in [3.05, 3.63) is 42.1 Å². The van der Waals surface area contributed by atoms with Gasteiger partial charge in [0.1, 0.15) is 0 Å². The van der Waals surface area contributed by atoms with Gasteiger partial charge in [0.25, 0.3) is 5.91 Å². The van der Waals surface area contributed by atoms with E-state index in [1.165, 1.54) is 0 Å². The van der Waals surface area contributed by atoms with Crippen LogP contribution in [0.1, 0.15) is 10.4 Å². The molecule has 21 heavy (non-hydrogen) atoms. The normalized spacial score (nSPS) is 18.9. The molecule has 1 aromatic carbocycles. The van der Waals surface area contributed by atoms with Gasteiger partial charge in [-0.25, -0.2) is 0 Å². The predicted octanol–water partition coefficient (Wildman–Crippen LogP) is 1.30. The molecule has 1 atom stereocenters. The number of benzene rings is 1. The van der Waals surface area contributed by atoms with Gasteiger partial charge in [-0.2, -0.15) is 0 Å². The van der Waals surface area contributed by atoms with E-state index in [4.69, 9.17) is 4.74 Å². The molecule has 2 aromatic rings. The molecule has 5 nitrogen and oxygen atoms in total. The summed E-state index contributed by atoms with van der Waals surface area (Å²) in [6, 6.07) is 9.54. The Bertz CT molecular complexity index is 637. The molecular weight excluding hydrogens is 266 g/mol. The largest absolute Gasteiger partial charge is 0.373 e. The highest BCUT2D eigenvalue weighted by Crippen LogP contribution is 2.19. The number of hydrogen-bond donors (Lipinski definition) is 1. The molecule has 0 bridgehead atoms. The lowest BCUT2D eigenvalue weighted by Crippen LogP contribution is -2.48. The van der Waals surface area contributed by atoms with Gasteiger partial charge < -0.3 is 15.0 Å². The number of nitrogens with zero attached hydrogens (tertiary/aromatic N) is 2. The van der Waals surface area contributed by atoms with Crippen LogP contribution in [-0.2, 0) is 4.74 Å². The van der Waals surface area contributed by atoms with Crippen molar-refractivity contribution in [2.24, 2.45) is 0 Å². The van der Waals surface area contributed by atoms with E-state index < -0.39 is 0 Å². The first-order valence-corrected chi connectivity index (χ1v) is 7.19. The minimum atomic E-state index is 0.0537. The second kappa shape index (κ2) is 6.20. The molecule has 0 radical (unpaired) electrons. The maximum absolute atomic E-state index is 12.8. The molecule has 1 saturated heterocycles. The molecular formula is C16H19N3O2. The van der Waals surface area contributed by atoms with Gasteiger partial charge in [-0.1, -0.05) is 18.2 Å². The van der Waals surface area contributed by atoms with Crippen LogP contribution in [0.25, 0.3) is 10.9 Å². The third-order valence-corrected chi connectivity index (χ3v) is 3.74. The molecule has 1 N–H and O–H groups in total. The minimum Gasteiger partial charge on any atom is -0.373 e. The molecule has 1 fully saturated rings. The highest BCUT2D eigenvalue weighted by Gasteiger charge is 2.25. The number of amides is 1. The summed E-state index contributed by atoms with van der Waals surface area (Å²) in [5.41, 5.74) is 1.56. The van der Waals surface area contributed by atoms with Gasteiger partial charge in [0, 0.05) is 31.2 Å². The average molecular weight is 285 g/mol. The van der Waals surface area contributed by atoms with E-state index in [1.807, 2.05) is 36.2 Å². The first kappa shape index (κ1) is 14.0. The van der Waals surface area contributed by atoms with Gasteiger partial charge in [0.15, 0.2) is 0 Å². The molecule has 3 rings (SSSR count). The fourth-order valence-electron chi connectivity index (χ4n) is 2.71. The SMILES string of the molecule is CNCC1CN(C(=O)c2ccnc3ccccc23)CCO1. The number of morpholine rings is 1. The molecule has 2 heterocycles. The second-order valence-electron chi connectivity index (χ2n) is 5.18. The fourth-order valence-corrected chi connectivity index (χ4v) is 2.71. The monoisotopic (exact) mass is 285 g/mol. The Morgan fingerprint density at radius 1 is 1.43 bits per heavy atom. The summed E-state index contributed by atoms with van der Waals surface area (Å²) in [7, 11) is 1.89. The smallest absolute Gasteiger partial charge is 0.254 e. The second-order valence-corrected chi connectivity index (χ2v) is 5.18. The van der Waals surface area contributed by atoms with Gasteiger partial charge >= 0.3 is 0 Å². The number of carbonyl (C=O) groups is 1. The highest BCUT2D eigenvalue weighted by atomic mass is 16.5. The number of rotatable bonds is 3. The molecule has 0 saturated carbocycles. The van der Waals surface area contributed by atoms with E-state index in [-0.39, 0.29) is 12.0 Å². The summed E-state index contributed by atoms with van der Waals surface area (Å²) >= 11 is 0. The Morgan fingerprint density at radius 3 is 3.14 bits per heavy atom.